The van der Waals surface area contributed by atoms with E-state index in [0.29, 0.717) is 11.9 Å². The van der Waals surface area contributed by atoms with Gasteiger partial charge in [0.15, 0.2) is 0 Å². The first-order chi connectivity index (χ1) is 8.78. The lowest BCUT2D eigenvalue weighted by atomic mass is 10.3. The van der Waals surface area contributed by atoms with Gasteiger partial charge in [-0.2, -0.15) is 24.7 Å². The second-order valence-electron chi connectivity index (χ2n) is 3.59. The Bertz CT molecular complexity index is 708. The molecule has 3 rings (SSSR count). The van der Waals surface area contributed by atoms with Gasteiger partial charge in [0.05, 0.1) is 11.7 Å². The Labute approximate surface area is 108 Å². The van der Waals surface area contributed by atoms with Crippen LogP contribution in [0.4, 0.5) is 5.95 Å². The number of fused-ring (bicyclic) bond motifs is 1. The van der Waals surface area contributed by atoms with Crippen molar-refractivity contribution < 1.29 is 0 Å². The molecule has 0 bridgehead atoms. The second-order valence-corrected chi connectivity index (χ2v) is 3.93. The number of anilines is 1. The normalized spacial score (nSPS) is 10.8. The Morgan fingerprint density at radius 2 is 2.00 bits per heavy atom. The van der Waals surface area contributed by atoms with E-state index in [9.17, 15) is 0 Å². The van der Waals surface area contributed by atoms with E-state index in [4.69, 9.17) is 11.6 Å². The zero-order valence-corrected chi connectivity index (χ0v) is 10.3. The third-order valence-corrected chi connectivity index (χ3v) is 2.66. The zero-order valence-electron chi connectivity index (χ0n) is 9.50. The van der Waals surface area contributed by atoms with Gasteiger partial charge in [-0.1, -0.05) is 18.2 Å². The van der Waals surface area contributed by atoms with Crippen molar-refractivity contribution in [3.63, 3.8) is 0 Å². The Balaban J connectivity index is 2.22. The van der Waals surface area contributed by atoms with Gasteiger partial charge in [-0.15, -0.1) is 0 Å². The third kappa shape index (κ3) is 1.76. The monoisotopic (exact) mass is 260 g/mol. The Hall–Kier alpha value is -2.21. The maximum Gasteiger partial charge on any atom is 0.257 e. The van der Waals surface area contributed by atoms with Crippen molar-refractivity contribution in [2.45, 2.75) is 0 Å². The van der Waals surface area contributed by atoms with Crippen molar-refractivity contribution in [1.82, 2.24) is 24.7 Å². The molecule has 0 atom stereocenters. The fraction of sp³-hybridized carbons (Fsp3) is 0.0909. The SMILES string of the molecule is CNc1nc(Cl)nc(-n2ncc3ccccc32)n1. The zero-order chi connectivity index (χ0) is 12.5. The first-order valence-corrected chi connectivity index (χ1v) is 5.68. The molecule has 1 aromatic carbocycles. The number of rotatable bonds is 2. The predicted octanol–water partition coefficient (Wildman–Crippen LogP) is 1.91. The molecule has 0 fully saturated rings. The Kier molecular flexibility index (Phi) is 2.56. The van der Waals surface area contributed by atoms with Gasteiger partial charge >= 0.3 is 0 Å². The van der Waals surface area contributed by atoms with E-state index in [1.165, 1.54) is 0 Å². The molecule has 0 spiro atoms. The maximum atomic E-state index is 5.85. The lowest BCUT2D eigenvalue weighted by molar-refractivity contribution is 0.820. The number of hydrogen-bond donors (Lipinski definition) is 1. The van der Waals surface area contributed by atoms with Gasteiger partial charge in [-0.05, 0) is 17.7 Å². The van der Waals surface area contributed by atoms with Gasteiger partial charge in [0.25, 0.3) is 5.95 Å². The molecule has 0 unspecified atom stereocenters. The molecule has 0 radical (unpaired) electrons. The molecule has 0 aliphatic heterocycles. The molecular formula is C11H9ClN6. The highest BCUT2D eigenvalue weighted by Gasteiger charge is 2.09. The molecule has 3 aromatic rings. The molecule has 90 valence electrons. The van der Waals surface area contributed by atoms with Crippen LogP contribution in [0.25, 0.3) is 16.9 Å². The number of nitrogens with zero attached hydrogens (tertiary/aromatic N) is 5. The van der Waals surface area contributed by atoms with Crippen LogP contribution in [0.5, 0.6) is 0 Å². The molecule has 18 heavy (non-hydrogen) atoms. The number of benzene rings is 1. The summed E-state index contributed by atoms with van der Waals surface area (Å²) in [6.07, 6.45) is 1.76. The molecule has 1 N–H and O–H groups in total. The molecule has 0 aliphatic rings. The molecule has 0 saturated carbocycles. The predicted molar refractivity (Wildman–Crippen MR) is 69.0 cm³/mol. The van der Waals surface area contributed by atoms with E-state index in [0.717, 1.165) is 10.9 Å². The minimum atomic E-state index is 0.129. The van der Waals surface area contributed by atoms with Gasteiger partial charge in [0.2, 0.25) is 11.2 Å². The summed E-state index contributed by atoms with van der Waals surface area (Å²) in [7, 11) is 1.72. The molecular weight excluding hydrogens is 252 g/mol. The van der Waals surface area contributed by atoms with Gasteiger partial charge in [-0.25, -0.2) is 0 Å². The van der Waals surface area contributed by atoms with Crippen LogP contribution in [0.2, 0.25) is 5.28 Å². The van der Waals surface area contributed by atoms with E-state index in [-0.39, 0.29) is 5.28 Å². The first kappa shape index (κ1) is 10.9. The number of nitrogens with one attached hydrogen (secondary N) is 1. The van der Waals surface area contributed by atoms with E-state index in [1.54, 1.807) is 17.9 Å². The van der Waals surface area contributed by atoms with E-state index in [2.05, 4.69) is 25.4 Å². The quantitative estimate of drug-likeness (QED) is 0.762. The average molecular weight is 261 g/mol. The van der Waals surface area contributed by atoms with Crippen LogP contribution in [0.1, 0.15) is 0 Å². The van der Waals surface area contributed by atoms with Crippen LogP contribution < -0.4 is 5.32 Å². The molecule has 0 saturated heterocycles. The summed E-state index contributed by atoms with van der Waals surface area (Å²) in [5.41, 5.74) is 0.918. The van der Waals surface area contributed by atoms with Crippen molar-refractivity contribution >= 4 is 28.5 Å². The van der Waals surface area contributed by atoms with Gasteiger partial charge in [0, 0.05) is 12.4 Å². The minimum absolute atomic E-state index is 0.129. The van der Waals surface area contributed by atoms with E-state index < -0.39 is 0 Å². The summed E-state index contributed by atoms with van der Waals surface area (Å²) in [5.74, 6) is 0.796. The van der Waals surface area contributed by atoms with Crippen LogP contribution in [-0.2, 0) is 0 Å². The number of para-hydroxylation sites is 1. The van der Waals surface area contributed by atoms with Gasteiger partial charge in [0.1, 0.15) is 0 Å². The minimum Gasteiger partial charge on any atom is -0.357 e. The summed E-state index contributed by atoms with van der Waals surface area (Å²) >= 11 is 5.85. The van der Waals surface area contributed by atoms with Crippen LogP contribution in [0.3, 0.4) is 0 Å². The summed E-state index contributed by atoms with van der Waals surface area (Å²) in [4.78, 5) is 12.2. The van der Waals surface area contributed by atoms with E-state index >= 15 is 0 Å². The topological polar surface area (TPSA) is 68.5 Å². The van der Waals surface area contributed by atoms with Crippen LogP contribution >= 0.6 is 11.6 Å². The molecule has 7 heteroatoms. The molecule has 0 aliphatic carbocycles. The summed E-state index contributed by atoms with van der Waals surface area (Å²) in [6, 6.07) is 7.80. The fourth-order valence-electron chi connectivity index (χ4n) is 1.68. The van der Waals surface area contributed by atoms with Crippen LogP contribution in [0, 0.1) is 0 Å². The highest BCUT2D eigenvalue weighted by molar-refractivity contribution is 6.28. The molecule has 2 heterocycles. The van der Waals surface area contributed by atoms with Gasteiger partial charge < -0.3 is 5.32 Å². The Morgan fingerprint density at radius 1 is 1.17 bits per heavy atom. The molecule has 0 amide bonds. The smallest absolute Gasteiger partial charge is 0.257 e. The van der Waals surface area contributed by atoms with Gasteiger partial charge in [-0.3, -0.25) is 0 Å². The average Bonchev–Trinajstić information content (AvgIpc) is 2.81. The number of halogens is 1. The lowest BCUT2D eigenvalue weighted by Gasteiger charge is -2.04. The fourth-order valence-corrected chi connectivity index (χ4v) is 1.83. The highest BCUT2D eigenvalue weighted by Crippen LogP contribution is 2.17. The van der Waals surface area contributed by atoms with Crippen LogP contribution in [-0.4, -0.2) is 31.8 Å². The second kappa shape index (κ2) is 4.23. The van der Waals surface area contributed by atoms with Crippen molar-refractivity contribution in [1.29, 1.82) is 0 Å². The third-order valence-electron chi connectivity index (χ3n) is 2.49. The standard InChI is InChI=1S/C11H9ClN6/c1-13-10-15-9(12)16-11(17-10)18-8-5-3-2-4-7(8)6-14-18/h2-6H,1H3,(H,13,15,16,17). The highest BCUT2D eigenvalue weighted by atomic mass is 35.5. The van der Waals surface area contributed by atoms with E-state index in [1.807, 2.05) is 24.3 Å². The summed E-state index contributed by atoms with van der Waals surface area (Å²) in [6.45, 7) is 0. The number of aromatic nitrogens is 5. The molecule has 6 nitrogen and oxygen atoms in total. The lowest BCUT2D eigenvalue weighted by Crippen LogP contribution is -2.07. The Morgan fingerprint density at radius 3 is 2.83 bits per heavy atom. The van der Waals surface area contributed by atoms with Crippen molar-refractivity contribution in [3.05, 3.63) is 35.7 Å². The van der Waals surface area contributed by atoms with Crippen molar-refractivity contribution in [2.24, 2.45) is 0 Å². The largest absolute Gasteiger partial charge is 0.357 e. The summed E-state index contributed by atoms with van der Waals surface area (Å²) < 4.78 is 1.63. The number of hydrogen-bond acceptors (Lipinski definition) is 5. The van der Waals surface area contributed by atoms with Crippen molar-refractivity contribution in [3.8, 4) is 5.95 Å². The molecule has 2 aromatic heterocycles. The first-order valence-electron chi connectivity index (χ1n) is 5.30. The maximum absolute atomic E-state index is 5.85. The van der Waals surface area contributed by atoms with Crippen molar-refractivity contribution in [2.75, 3.05) is 12.4 Å². The summed E-state index contributed by atoms with van der Waals surface area (Å²) in [5, 5.41) is 8.23. The van der Waals surface area contributed by atoms with Crippen LogP contribution in [0.15, 0.2) is 30.5 Å².